The third kappa shape index (κ3) is 8.54. The quantitative estimate of drug-likeness (QED) is 0.224. The number of rotatable bonds is 13. The molecule has 6 heteroatoms. The van der Waals surface area contributed by atoms with Crippen molar-refractivity contribution in [1.82, 2.24) is 0 Å². The summed E-state index contributed by atoms with van der Waals surface area (Å²) in [5, 5.41) is 0. The molecule has 0 saturated heterocycles. The number of aldehydes is 1. The van der Waals surface area contributed by atoms with E-state index in [0.29, 0.717) is 12.9 Å². The fourth-order valence-corrected chi connectivity index (χ4v) is 3.04. The molecule has 3 aromatic carbocycles. The average Bonchev–Trinajstić information content (AvgIpc) is 2.87. The van der Waals surface area contributed by atoms with Crippen LogP contribution in [0.15, 0.2) is 96.0 Å². The molecule has 3 rings (SSSR count). The monoisotopic (exact) mass is 445 g/mol. The van der Waals surface area contributed by atoms with E-state index in [1.807, 2.05) is 91.0 Å². The Hall–Kier alpha value is -3.45. The van der Waals surface area contributed by atoms with Gasteiger partial charge in [-0.25, -0.2) is 4.99 Å². The highest BCUT2D eigenvalue weighted by Gasteiger charge is 2.30. The summed E-state index contributed by atoms with van der Waals surface area (Å²) >= 11 is 0. The summed E-state index contributed by atoms with van der Waals surface area (Å²) in [6.45, 7) is 0.887. The smallest absolute Gasteiger partial charge is 0.277 e. The minimum atomic E-state index is -1.17. The van der Waals surface area contributed by atoms with Crippen molar-refractivity contribution in [3.8, 4) is 0 Å². The number of carbonyl (C=O) groups excluding carboxylic acids is 2. The third-order valence-corrected chi connectivity index (χ3v) is 4.76. The van der Waals surface area contributed by atoms with Crippen LogP contribution in [0, 0.1) is 0 Å². The Kier molecular flexibility index (Phi) is 10.2. The Labute approximate surface area is 193 Å². The van der Waals surface area contributed by atoms with Gasteiger partial charge in [0.2, 0.25) is 0 Å². The van der Waals surface area contributed by atoms with Gasteiger partial charge in [-0.2, -0.15) is 0 Å². The summed E-state index contributed by atoms with van der Waals surface area (Å²) in [7, 11) is 0. The molecule has 0 aliphatic heterocycles. The van der Waals surface area contributed by atoms with Gasteiger partial charge in [-0.15, -0.1) is 0 Å². The zero-order chi connectivity index (χ0) is 23.1. The van der Waals surface area contributed by atoms with Crippen LogP contribution in [0.2, 0.25) is 0 Å². The lowest BCUT2D eigenvalue weighted by Crippen LogP contribution is -2.39. The first-order valence-corrected chi connectivity index (χ1v) is 10.7. The van der Waals surface area contributed by atoms with E-state index in [1.54, 1.807) is 0 Å². The Morgan fingerprint density at radius 3 is 1.73 bits per heavy atom. The molecular formula is C27H27NO5. The Balaban J connectivity index is 1.59. The maximum atomic E-state index is 12.8. The molecule has 0 unspecified atom stereocenters. The van der Waals surface area contributed by atoms with E-state index in [9.17, 15) is 9.59 Å². The molecular weight excluding hydrogens is 418 g/mol. The first kappa shape index (κ1) is 24.2. The second kappa shape index (κ2) is 13.9. The maximum Gasteiger partial charge on any atom is 0.277 e. The van der Waals surface area contributed by atoms with Gasteiger partial charge in [0, 0.05) is 6.21 Å². The van der Waals surface area contributed by atoms with Crippen molar-refractivity contribution < 1.29 is 23.8 Å². The first-order chi connectivity index (χ1) is 16.3. The van der Waals surface area contributed by atoms with Crippen LogP contribution in [0.4, 0.5) is 0 Å². The molecule has 3 aromatic rings. The van der Waals surface area contributed by atoms with Crippen LogP contribution in [0.1, 0.15) is 16.7 Å². The van der Waals surface area contributed by atoms with Crippen LogP contribution in [-0.4, -0.2) is 37.2 Å². The van der Waals surface area contributed by atoms with Crippen molar-refractivity contribution in [2.75, 3.05) is 6.61 Å². The molecule has 0 bridgehead atoms. The van der Waals surface area contributed by atoms with E-state index in [1.165, 1.54) is 6.21 Å². The lowest BCUT2D eigenvalue weighted by atomic mass is 10.2. The standard InChI is InChI=1S/C27H27NO5/c29-18-25(32-20-23-12-6-2-7-13-23)26(33-21-24-14-8-3-9-15-24)27(30)28-16-17-31-19-22-10-4-1-5-11-22/h1-16,18,25-26H,17,19-21H2/t25-,26+/m0/s1. The minimum absolute atomic E-state index is 0.149. The first-order valence-electron chi connectivity index (χ1n) is 10.7. The topological polar surface area (TPSA) is 74.2 Å². The summed E-state index contributed by atoms with van der Waals surface area (Å²) in [4.78, 5) is 28.5. The van der Waals surface area contributed by atoms with Crippen LogP contribution < -0.4 is 0 Å². The van der Waals surface area contributed by atoms with E-state index in [4.69, 9.17) is 14.2 Å². The second-order valence-corrected chi connectivity index (χ2v) is 7.27. The van der Waals surface area contributed by atoms with Gasteiger partial charge in [-0.3, -0.25) is 4.79 Å². The summed E-state index contributed by atoms with van der Waals surface area (Å²) in [5.74, 6) is -0.598. The predicted octanol–water partition coefficient (Wildman–Crippen LogP) is 4.17. The molecule has 1 amide bonds. The van der Waals surface area contributed by atoms with Crippen LogP contribution in [0.3, 0.4) is 0 Å². The molecule has 2 atom stereocenters. The number of ether oxygens (including phenoxy) is 3. The zero-order valence-electron chi connectivity index (χ0n) is 18.3. The minimum Gasteiger partial charge on any atom is -0.371 e. The Morgan fingerprint density at radius 1 is 0.727 bits per heavy atom. The molecule has 170 valence electrons. The zero-order valence-corrected chi connectivity index (χ0v) is 18.3. The summed E-state index contributed by atoms with van der Waals surface area (Å²) in [6, 6.07) is 28.5. The Bertz CT molecular complexity index is 993. The van der Waals surface area contributed by atoms with Crippen molar-refractivity contribution in [3.63, 3.8) is 0 Å². The van der Waals surface area contributed by atoms with E-state index >= 15 is 0 Å². The SMILES string of the molecule is O=C[C@H](OCc1ccccc1)[C@@H](OCc1ccccc1)C(=O)N=CCOCc1ccccc1. The summed E-state index contributed by atoms with van der Waals surface area (Å²) in [5.41, 5.74) is 2.78. The number of carbonyl (C=O) groups is 2. The number of hydrogen-bond donors (Lipinski definition) is 0. The maximum absolute atomic E-state index is 12.8. The fourth-order valence-electron chi connectivity index (χ4n) is 3.04. The molecule has 0 heterocycles. The highest BCUT2D eigenvalue weighted by Crippen LogP contribution is 2.12. The van der Waals surface area contributed by atoms with Gasteiger partial charge in [0.1, 0.15) is 6.10 Å². The molecule has 0 aliphatic rings. The van der Waals surface area contributed by atoms with Crippen LogP contribution >= 0.6 is 0 Å². The van der Waals surface area contributed by atoms with Crippen molar-refractivity contribution in [1.29, 1.82) is 0 Å². The van der Waals surface area contributed by atoms with Crippen molar-refractivity contribution in [3.05, 3.63) is 108 Å². The molecule has 0 aromatic heterocycles. The van der Waals surface area contributed by atoms with Gasteiger partial charge >= 0.3 is 0 Å². The lowest BCUT2D eigenvalue weighted by molar-refractivity contribution is -0.149. The molecule has 33 heavy (non-hydrogen) atoms. The number of aliphatic imine (C=N–C) groups is 1. The predicted molar refractivity (Wildman–Crippen MR) is 126 cm³/mol. The molecule has 0 saturated carbocycles. The van der Waals surface area contributed by atoms with Gasteiger partial charge in [-0.05, 0) is 16.7 Å². The Morgan fingerprint density at radius 2 is 1.21 bits per heavy atom. The average molecular weight is 446 g/mol. The van der Waals surface area contributed by atoms with Gasteiger partial charge in [0.05, 0.1) is 26.4 Å². The normalized spacial score (nSPS) is 13.0. The second-order valence-electron chi connectivity index (χ2n) is 7.27. The van der Waals surface area contributed by atoms with Crippen LogP contribution in [0.25, 0.3) is 0 Å². The van der Waals surface area contributed by atoms with Crippen molar-refractivity contribution in [2.45, 2.75) is 32.0 Å². The van der Waals surface area contributed by atoms with E-state index in [-0.39, 0.29) is 19.8 Å². The lowest BCUT2D eigenvalue weighted by Gasteiger charge is -2.21. The molecule has 6 nitrogen and oxygen atoms in total. The highest BCUT2D eigenvalue weighted by molar-refractivity contribution is 5.91. The van der Waals surface area contributed by atoms with Crippen LogP contribution in [0.5, 0.6) is 0 Å². The van der Waals surface area contributed by atoms with Gasteiger partial charge < -0.3 is 19.0 Å². The molecule has 0 radical (unpaired) electrons. The molecule has 0 N–H and O–H groups in total. The third-order valence-electron chi connectivity index (χ3n) is 4.76. The van der Waals surface area contributed by atoms with Gasteiger partial charge in [-0.1, -0.05) is 91.0 Å². The molecule has 0 spiro atoms. The largest absolute Gasteiger partial charge is 0.371 e. The van der Waals surface area contributed by atoms with E-state index < -0.39 is 18.1 Å². The number of nitrogens with zero attached hydrogens (tertiary/aromatic N) is 1. The molecule has 0 fully saturated rings. The van der Waals surface area contributed by atoms with E-state index in [2.05, 4.69) is 4.99 Å². The van der Waals surface area contributed by atoms with Crippen molar-refractivity contribution >= 4 is 18.4 Å². The van der Waals surface area contributed by atoms with Crippen LogP contribution in [-0.2, 0) is 43.6 Å². The number of amides is 1. The fraction of sp³-hybridized carbons (Fsp3) is 0.222. The van der Waals surface area contributed by atoms with Gasteiger partial charge in [0.25, 0.3) is 5.91 Å². The number of benzene rings is 3. The number of hydrogen-bond acceptors (Lipinski definition) is 5. The van der Waals surface area contributed by atoms with E-state index in [0.717, 1.165) is 16.7 Å². The highest BCUT2D eigenvalue weighted by atomic mass is 16.5. The summed E-state index contributed by atoms with van der Waals surface area (Å²) in [6.07, 6.45) is -0.304. The molecule has 0 aliphatic carbocycles. The van der Waals surface area contributed by atoms with Gasteiger partial charge in [0.15, 0.2) is 12.4 Å². The summed E-state index contributed by atoms with van der Waals surface area (Å²) < 4.78 is 17.0. The van der Waals surface area contributed by atoms with Crippen molar-refractivity contribution in [2.24, 2.45) is 4.99 Å².